The lowest BCUT2D eigenvalue weighted by Gasteiger charge is -2.25. The summed E-state index contributed by atoms with van der Waals surface area (Å²) in [6.45, 7) is 6.78. The summed E-state index contributed by atoms with van der Waals surface area (Å²) in [7, 11) is 0. The van der Waals surface area contributed by atoms with Gasteiger partial charge in [0, 0.05) is 29.4 Å². The zero-order valence-corrected chi connectivity index (χ0v) is 31.5. The van der Waals surface area contributed by atoms with Crippen LogP contribution < -0.4 is 4.90 Å². The molecule has 0 atom stereocenters. The predicted molar refractivity (Wildman–Crippen MR) is 213 cm³/mol. The van der Waals surface area contributed by atoms with E-state index in [-0.39, 0.29) is 0 Å². The molecule has 238 valence electrons. The molecule has 3 aromatic rings. The van der Waals surface area contributed by atoms with Crippen LogP contribution in [0.2, 0.25) is 0 Å². The second-order valence-electron chi connectivity index (χ2n) is 11.0. The summed E-state index contributed by atoms with van der Waals surface area (Å²) in [5.74, 6) is 2.29. The van der Waals surface area contributed by atoms with E-state index in [1.807, 2.05) is 23.5 Å². The minimum Gasteiger partial charge on any atom is -0.372 e. The Balaban J connectivity index is 1.54. The monoisotopic (exact) mass is 755 g/mol. The van der Waals surface area contributed by atoms with E-state index in [0.717, 1.165) is 35.3 Å². The van der Waals surface area contributed by atoms with Crippen LogP contribution in [0, 0.1) is 0 Å². The normalized spacial score (nSPS) is 11.8. The highest BCUT2D eigenvalue weighted by Crippen LogP contribution is 2.39. The molecule has 0 aliphatic rings. The van der Waals surface area contributed by atoms with E-state index in [1.54, 1.807) is 0 Å². The fourth-order valence-corrected chi connectivity index (χ4v) is 8.38. The van der Waals surface area contributed by atoms with Crippen LogP contribution in [-0.4, -0.2) is 35.3 Å². The Morgan fingerprint density at radius 1 is 0.523 bits per heavy atom. The van der Waals surface area contributed by atoms with Gasteiger partial charge in [-0.25, -0.2) is 0 Å². The Morgan fingerprint density at radius 2 is 0.886 bits per heavy atom. The Morgan fingerprint density at radius 3 is 1.27 bits per heavy atom. The van der Waals surface area contributed by atoms with Gasteiger partial charge in [-0.05, 0) is 77.1 Å². The molecular formula is C39H51Br2NS2. The summed E-state index contributed by atoms with van der Waals surface area (Å²) >= 11 is 11.2. The fourth-order valence-electron chi connectivity index (χ4n) is 5.08. The van der Waals surface area contributed by atoms with Crippen molar-refractivity contribution >= 4 is 85.4 Å². The predicted octanol–water partition coefficient (Wildman–Crippen LogP) is 13.2. The molecule has 44 heavy (non-hydrogen) atoms. The lowest BCUT2D eigenvalue weighted by Crippen LogP contribution is -2.25. The molecule has 0 heterocycles. The summed E-state index contributed by atoms with van der Waals surface area (Å²) in [5.41, 5.74) is 7.69. The second kappa shape index (κ2) is 23.0. The van der Waals surface area contributed by atoms with E-state index < -0.39 is 0 Å². The topological polar surface area (TPSA) is 3.24 Å². The van der Waals surface area contributed by atoms with Crippen molar-refractivity contribution in [2.24, 2.45) is 0 Å². The van der Waals surface area contributed by atoms with Crippen LogP contribution >= 0.6 is 55.4 Å². The van der Waals surface area contributed by atoms with Crippen LogP contribution in [0.3, 0.4) is 0 Å². The average molecular weight is 758 g/mol. The Hall–Kier alpha value is -1.40. The molecule has 0 unspecified atom stereocenters. The van der Waals surface area contributed by atoms with E-state index >= 15 is 0 Å². The van der Waals surface area contributed by atoms with Gasteiger partial charge in [-0.2, -0.15) is 0 Å². The van der Waals surface area contributed by atoms with Crippen molar-refractivity contribution < 1.29 is 0 Å². The van der Waals surface area contributed by atoms with Crippen molar-refractivity contribution in [3.05, 3.63) is 101 Å². The van der Waals surface area contributed by atoms with E-state index in [0.29, 0.717) is 4.58 Å². The van der Waals surface area contributed by atoms with Crippen LogP contribution in [0.15, 0.2) is 72.8 Å². The fraction of sp³-hybridized carbons (Fsp3) is 0.436. The third-order valence-corrected chi connectivity index (χ3v) is 11.4. The molecule has 1 nitrogen and oxygen atoms in total. The number of nitrogens with zero attached hydrogens (tertiary/aromatic N) is 1. The summed E-state index contributed by atoms with van der Waals surface area (Å²) < 4.78 is 0.531. The summed E-state index contributed by atoms with van der Waals surface area (Å²) in [6, 6.07) is 27.0. The SMILES string of the molecule is CCSC(SCC)c1ccc(/C=C/c2ccc(/C=C/c3ccc(N(CCCCCCBr)CCCCCCBr)cc3)cc2)cc1. The summed E-state index contributed by atoms with van der Waals surface area (Å²) in [6.07, 6.45) is 19.2. The zero-order chi connectivity index (χ0) is 31.2. The standard InChI is InChI=1S/C39H51Br2NS2/c1-3-43-39(44-4-2)37-25-21-35(22-26-37)19-17-33-13-15-34(16-14-33)18-20-36-23-27-38(28-24-36)42(31-11-7-5-9-29-40)32-12-8-6-10-30-41/h13-28,39H,3-12,29-32H2,1-2H3/b19-17+,20-18+. The summed E-state index contributed by atoms with van der Waals surface area (Å²) in [5, 5.41) is 2.24. The first-order valence-electron chi connectivity index (χ1n) is 16.4. The van der Waals surface area contributed by atoms with Gasteiger partial charge in [0.15, 0.2) is 0 Å². The lowest BCUT2D eigenvalue weighted by atomic mass is 10.1. The molecule has 5 heteroatoms. The first kappa shape index (κ1) is 37.1. The largest absolute Gasteiger partial charge is 0.372 e. The maximum atomic E-state index is 3.56. The highest BCUT2D eigenvalue weighted by atomic mass is 79.9. The van der Waals surface area contributed by atoms with Gasteiger partial charge >= 0.3 is 0 Å². The van der Waals surface area contributed by atoms with Gasteiger partial charge in [0.25, 0.3) is 0 Å². The molecule has 0 bridgehead atoms. The van der Waals surface area contributed by atoms with E-state index in [1.165, 1.54) is 84.9 Å². The number of unbranched alkanes of at least 4 members (excludes halogenated alkanes) is 6. The van der Waals surface area contributed by atoms with E-state index in [9.17, 15) is 0 Å². The quantitative estimate of drug-likeness (QED) is 0.0435. The molecule has 0 spiro atoms. The number of benzene rings is 3. The third kappa shape index (κ3) is 14.4. The van der Waals surface area contributed by atoms with Gasteiger partial charge in [0.05, 0.1) is 4.58 Å². The molecule has 0 aromatic heterocycles. The molecule has 0 amide bonds. The number of alkyl halides is 2. The highest BCUT2D eigenvalue weighted by Gasteiger charge is 2.10. The molecule has 0 aliphatic heterocycles. The zero-order valence-electron chi connectivity index (χ0n) is 26.7. The van der Waals surface area contributed by atoms with Crippen molar-refractivity contribution in [1.29, 1.82) is 0 Å². The van der Waals surface area contributed by atoms with E-state index in [2.05, 4.69) is 148 Å². The van der Waals surface area contributed by atoms with Crippen molar-refractivity contribution in [3.63, 3.8) is 0 Å². The van der Waals surface area contributed by atoms with Gasteiger partial charge in [-0.1, -0.05) is 156 Å². The number of anilines is 1. The second-order valence-corrected chi connectivity index (χ2v) is 15.7. The van der Waals surface area contributed by atoms with Crippen molar-refractivity contribution in [3.8, 4) is 0 Å². The minimum absolute atomic E-state index is 0.531. The van der Waals surface area contributed by atoms with Crippen LogP contribution in [0.5, 0.6) is 0 Å². The molecule has 0 radical (unpaired) electrons. The number of rotatable bonds is 22. The molecule has 3 rings (SSSR count). The van der Waals surface area contributed by atoms with Crippen molar-refractivity contribution in [2.45, 2.75) is 69.8 Å². The van der Waals surface area contributed by atoms with Crippen LogP contribution in [0.4, 0.5) is 5.69 Å². The first-order valence-corrected chi connectivity index (χ1v) is 20.8. The smallest absolute Gasteiger partial charge is 0.0751 e. The van der Waals surface area contributed by atoms with Gasteiger partial charge in [0.1, 0.15) is 0 Å². The Bertz CT molecular complexity index is 1190. The Labute approximate surface area is 294 Å². The van der Waals surface area contributed by atoms with Crippen LogP contribution in [0.1, 0.15) is 97.6 Å². The molecule has 0 fully saturated rings. The number of halogens is 2. The van der Waals surface area contributed by atoms with Crippen molar-refractivity contribution in [2.75, 3.05) is 40.2 Å². The maximum Gasteiger partial charge on any atom is 0.0751 e. The number of hydrogen-bond donors (Lipinski definition) is 0. The van der Waals surface area contributed by atoms with Gasteiger partial charge in [-0.15, -0.1) is 23.5 Å². The molecular weight excluding hydrogens is 706 g/mol. The Kier molecular flexibility index (Phi) is 19.4. The molecule has 0 aliphatic carbocycles. The van der Waals surface area contributed by atoms with Gasteiger partial charge in [-0.3, -0.25) is 0 Å². The maximum absolute atomic E-state index is 3.56. The van der Waals surface area contributed by atoms with Gasteiger partial charge < -0.3 is 4.90 Å². The van der Waals surface area contributed by atoms with Crippen molar-refractivity contribution in [1.82, 2.24) is 0 Å². The number of thioether (sulfide) groups is 2. The minimum atomic E-state index is 0.531. The first-order chi connectivity index (χ1) is 21.7. The molecule has 0 saturated heterocycles. The lowest BCUT2D eigenvalue weighted by molar-refractivity contribution is 0.611. The van der Waals surface area contributed by atoms with Crippen LogP contribution in [-0.2, 0) is 0 Å². The van der Waals surface area contributed by atoms with E-state index in [4.69, 9.17) is 0 Å². The van der Waals surface area contributed by atoms with Crippen LogP contribution in [0.25, 0.3) is 24.3 Å². The highest BCUT2D eigenvalue weighted by molar-refractivity contribution is 9.09. The third-order valence-electron chi connectivity index (χ3n) is 7.60. The number of hydrogen-bond acceptors (Lipinski definition) is 3. The summed E-state index contributed by atoms with van der Waals surface area (Å²) in [4.78, 5) is 2.60. The average Bonchev–Trinajstić information content (AvgIpc) is 3.06. The molecule has 0 N–H and O–H groups in total. The van der Waals surface area contributed by atoms with Gasteiger partial charge in [0.2, 0.25) is 0 Å². The molecule has 3 aromatic carbocycles. The molecule has 0 saturated carbocycles.